The van der Waals surface area contributed by atoms with Gasteiger partial charge in [0.05, 0.1) is 31.0 Å². The Morgan fingerprint density at radius 2 is 1.97 bits per heavy atom. The quantitative estimate of drug-likeness (QED) is 0.598. The molecule has 0 aliphatic heterocycles. The lowest BCUT2D eigenvalue weighted by Gasteiger charge is -2.11. The minimum Gasteiger partial charge on any atom is -0.493 e. The van der Waals surface area contributed by atoms with Crippen LogP contribution < -0.4 is 20.1 Å². The molecule has 8 heteroatoms. The van der Waals surface area contributed by atoms with Gasteiger partial charge < -0.3 is 20.1 Å². The third-order valence-electron chi connectivity index (χ3n) is 3.99. The van der Waals surface area contributed by atoms with Gasteiger partial charge in [0.15, 0.2) is 11.5 Å². The monoisotopic (exact) mass is 396 g/mol. The number of carbonyl (C=O) groups is 1. The number of nitriles is 2. The van der Waals surface area contributed by atoms with Gasteiger partial charge in [0.25, 0.3) is 0 Å². The largest absolute Gasteiger partial charge is 0.493 e. The number of carbonyl (C=O) groups excluding carboxylic acids is 1. The van der Waals surface area contributed by atoms with Crippen molar-refractivity contribution in [2.24, 2.45) is 0 Å². The molecule has 0 fully saturated rings. The van der Waals surface area contributed by atoms with Gasteiger partial charge in [-0.1, -0.05) is 6.07 Å². The van der Waals surface area contributed by atoms with Crippen LogP contribution in [0, 0.1) is 28.5 Å². The predicted octanol–water partition coefficient (Wildman–Crippen LogP) is 2.96. The first kappa shape index (κ1) is 21.5. The highest BCUT2D eigenvalue weighted by Crippen LogP contribution is 2.27. The molecule has 2 aromatic carbocycles. The van der Waals surface area contributed by atoms with Crippen molar-refractivity contribution in [2.45, 2.75) is 12.8 Å². The molecule has 0 bridgehead atoms. The molecule has 0 heterocycles. The Labute approximate surface area is 168 Å². The molecular weight excluding hydrogens is 375 g/mol. The molecule has 0 aromatic heterocycles. The fourth-order valence-corrected chi connectivity index (χ4v) is 2.54. The Balaban J connectivity index is 1.67. The predicted molar refractivity (Wildman–Crippen MR) is 105 cm³/mol. The zero-order valence-electron chi connectivity index (χ0n) is 16.0. The van der Waals surface area contributed by atoms with Gasteiger partial charge in [-0.05, 0) is 30.7 Å². The number of nitrogens with one attached hydrogen (secondary N) is 2. The van der Waals surface area contributed by atoms with E-state index in [4.69, 9.17) is 20.0 Å². The zero-order valence-corrected chi connectivity index (χ0v) is 16.0. The fraction of sp³-hybridized carbons (Fsp3) is 0.286. The van der Waals surface area contributed by atoms with Crippen molar-refractivity contribution in [1.82, 2.24) is 5.32 Å². The number of ether oxygens (including phenoxy) is 2. The highest BCUT2D eigenvalue weighted by atomic mass is 19.1. The molecule has 0 atom stereocenters. The molecule has 0 saturated carbocycles. The van der Waals surface area contributed by atoms with Crippen molar-refractivity contribution in [2.75, 3.05) is 32.1 Å². The molecule has 2 aromatic rings. The molecule has 0 radical (unpaired) electrons. The van der Waals surface area contributed by atoms with Crippen LogP contribution in [-0.2, 0) is 4.79 Å². The maximum absolute atomic E-state index is 13.5. The van der Waals surface area contributed by atoms with E-state index in [9.17, 15) is 9.18 Å². The summed E-state index contributed by atoms with van der Waals surface area (Å²) < 4.78 is 24.3. The number of rotatable bonds is 10. The second kappa shape index (κ2) is 11.2. The van der Waals surface area contributed by atoms with Crippen LogP contribution in [0.2, 0.25) is 0 Å². The van der Waals surface area contributed by atoms with Crippen molar-refractivity contribution < 1.29 is 18.7 Å². The van der Waals surface area contributed by atoms with E-state index >= 15 is 0 Å². The summed E-state index contributed by atoms with van der Waals surface area (Å²) in [6.45, 7) is 1.02. The summed E-state index contributed by atoms with van der Waals surface area (Å²) in [7, 11) is 1.49. The molecule has 0 aliphatic carbocycles. The van der Waals surface area contributed by atoms with E-state index < -0.39 is 5.82 Å². The van der Waals surface area contributed by atoms with Crippen LogP contribution in [0.1, 0.15) is 24.0 Å². The molecule has 0 unspecified atom stereocenters. The molecule has 0 aliphatic rings. The van der Waals surface area contributed by atoms with Crippen molar-refractivity contribution in [3.8, 4) is 23.6 Å². The summed E-state index contributed by atoms with van der Waals surface area (Å²) in [5.41, 5.74) is 0.822. The van der Waals surface area contributed by atoms with Gasteiger partial charge in [-0.3, -0.25) is 4.79 Å². The lowest BCUT2D eigenvalue weighted by atomic mass is 10.2. The average Bonchev–Trinajstić information content (AvgIpc) is 2.74. The number of anilines is 1. The molecule has 150 valence electrons. The van der Waals surface area contributed by atoms with Crippen molar-refractivity contribution in [3.63, 3.8) is 0 Å². The third-order valence-corrected chi connectivity index (χ3v) is 3.99. The number of benzene rings is 2. The maximum atomic E-state index is 13.5. The number of methoxy groups -OCH3 is 1. The van der Waals surface area contributed by atoms with E-state index in [0.717, 1.165) is 0 Å². The standard InChI is InChI=1S/C21H21FN4O3/c1-28-20-12-15(13-23)7-8-19(20)29-11-3-6-21(27)26-10-9-25-18-5-2-4-17(22)16(18)14-24/h2,4-5,7-8,12,25H,3,6,9-11H2,1H3,(H,26,27). The summed E-state index contributed by atoms with van der Waals surface area (Å²) in [5, 5.41) is 23.5. The molecule has 1 amide bonds. The molecule has 29 heavy (non-hydrogen) atoms. The van der Waals surface area contributed by atoms with E-state index in [0.29, 0.717) is 48.9 Å². The lowest BCUT2D eigenvalue weighted by Crippen LogP contribution is -2.29. The molecule has 0 spiro atoms. The number of hydrogen-bond acceptors (Lipinski definition) is 6. The number of hydrogen-bond donors (Lipinski definition) is 2. The summed E-state index contributed by atoms with van der Waals surface area (Å²) >= 11 is 0. The lowest BCUT2D eigenvalue weighted by molar-refractivity contribution is -0.121. The van der Waals surface area contributed by atoms with Gasteiger partial charge in [-0.15, -0.1) is 0 Å². The topological polar surface area (TPSA) is 107 Å². The highest BCUT2D eigenvalue weighted by molar-refractivity contribution is 5.75. The Kier molecular flexibility index (Phi) is 8.28. The van der Waals surface area contributed by atoms with Crippen molar-refractivity contribution in [3.05, 3.63) is 53.3 Å². The summed E-state index contributed by atoms with van der Waals surface area (Å²) in [6, 6.07) is 13.1. The Bertz CT molecular complexity index is 934. The number of nitrogens with zero attached hydrogens (tertiary/aromatic N) is 2. The smallest absolute Gasteiger partial charge is 0.220 e. The third kappa shape index (κ3) is 6.40. The average molecular weight is 396 g/mol. The fourth-order valence-electron chi connectivity index (χ4n) is 2.54. The summed E-state index contributed by atoms with van der Waals surface area (Å²) in [5.74, 6) is 0.260. The molecule has 2 N–H and O–H groups in total. The Morgan fingerprint density at radius 3 is 2.69 bits per heavy atom. The minimum atomic E-state index is -0.583. The first-order chi connectivity index (χ1) is 14.1. The normalized spacial score (nSPS) is 9.79. The van der Waals surface area contributed by atoms with Crippen molar-refractivity contribution >= 4 is 11.6 Å². The van der Waals surface area contributed by atoms with Crippen LogP contribution in [0.3, 0.4) is 0 Å². The molecule has 2 rings (SSSR count). The summed E-state index contributed by atoms with van der Waals surface area (Å²) in [4.78, 5) is 11.9. The molecular formula is C21H21FN4O3. The number of amides is 1. The molecule has 7 nitrogen and oxygen atoms in total. The van der Waals surface area contributed by atoms with Crippen LogP contribution >= 0.6 is 0 Å². The van der Waals surface area contributed by atoms with E-state index in [2.05, 4.69) is 10.6 Å². The maximum Gasteiger partial charge on any atom is 0.220 e. The van der Waals surface area contributed by atoms with E-state index in [1.54, 1.807) is 24.3 Å². The molecule has 0 saturated heterocycles. The summed E-state index contributed by atoms with van der Waals surface area (Å²) in [6.07, 6.45) is 0.785. The first-order valence-electron chi connectivity index (χ1n) is 8.99. The van der Waals surface area contributed by atoms with Gasteiger partial charge >= 0.3 is 0 Å². The van der Waals surface area contributed by atoms with Gasteiger partial charge in [0.1, 0.15) is 17.4 Å². The Morgan fingerprint density at radius 1 is 1.14 bits per heavy atom. The van der Waals surface area contributed by atoms with Crippen LogP contribution in [-0.4, -0.2) is 32.7 Å². The van der Waals surface area contributed by atoms with E-state index in [1.807, 2.05) is 12.1 Å². The van der Waals surface area contributed by atoms with E-state index in [-0.39, 0.29) is 17.9 Å². The Hall–Kier alpha value is -3.78. The zero-order chi connectivity index (χ0) is 21.1. The number of halogens is 1. The van der Waals surface area contributed by atoms with Gasteiger partial charge in [-0.2, -0.15) is 10.5 Å². The van der Waals surface area contributed by atoms with E-state index in [1.165, 1.54) is 19.2 Å². The van der Waals surface area contributed by atoms with Gasteiger partial charge in [0.2, 0.25) is 5.91 Å². The minimum absolute atomic E-state index is 0.0470. The second-order valence-electron chi connectivity index (χ2n) is 5.98. The SMILES string of the molecule is COc1cc(C#N)ccc1OCCCC(=O)NCCNc1cccc(F)c1C#N. The second-order valence-corrected chi connectivity index (χ2v) is 5.98. The van der Waals surface area contributed by atoms with Crippen LogP contribution in [0.5, 0.6) is 11.5 Å². The highest BCUT2D eigenvalue weighted by Gasteiger charge is 2.08. The van der Waals surface area contributed by atoms with Crippen LogP contribution in [0.15, 0.2) is 36.4 Å². The van der Waals surface area contributed by atoms with Crippen molar-refractivity contribution in [1.29, 1.82) is 10.5 Å². The van der Waals surface area contributed by atoms with Gasteiger partial charge in [-0.25, -0.2) is 4.39 Å². The first-order valence-corrected chi connectivity index (χ1v) is 8.99. The van der Waals surface area contributed by atoms with Gasteiger partial charge in [0, 0.05) is 25.6 Å². The van der Waals surface area contributed by atoms with Crippen LogP contribution in [0.25, 0.3) is 0 Å². The van der Waals surface area contributed by atoms with Crippen LogP contribution in [0.4, 0.5) is 10.1 Å².